The molecule has 0 spiro atoms. The van der Waals surface area contributed by atoms with Crippen molar-refractivity contribution in [2.75, 3.05) is 20.2 Å². The third-order valence-corrected chi connectivity index (χ3v) is 3.69. The smallest absolute Gasteiger partial charge is 0.260 e. The summed E-state index contributed by atoms with van der Waals surface area (Å²) in [6.07, 6.45) is 0.518. The summed E-state index contributed by atoms with van der Waals surface area (Å²) in [4.78, 5) is 18.1. The molecule has 25 heavy (non-hydrogen) atoms. The quantitative estimate of drug-likeness (QED) is 0.663. The van der Waals surface area contributed by atoms with E-state index >= 15 is 0 Å². The fourth-order valence-corrected chi connectivity index (χ4v) is 2.22. The molecule has 0 N–H and O–H groups in total. The Kier molecular flexibility index (Phi) is 5.41. The van der Waals surface area contributed by atoms with Crippen molar-refractivity contribution in [3.63, 3.8) is 0 Å². The van der Waals surface area contributed by atoms with Crippen LogP contribution in [-0.2, 0) is 11.2 Å². The maximum atomic E-state index is 12.1. The normalized spacial score (nSPS) is 10.4. The molecule has 0 saturated carbocycles. The minimum atomic E-state index is -0.101. The van der Waals surface area contributed by atoms with Crippen LogP contribution in [0.1, 0.15) is 5.82 Å². The molecule has 1 heterocycles. The molecule has 0 bridgehead atoms. The first-order valence-corrected chi connectivity index (χ1v) is 8.02. The van der Waals surface area contributed by atoms with Crippen LogP contribution in [-0.4, -0.2) is 41.1 Å². The molecule has 0 unspecified atom stereocenters. The molecule has 1 aromatic heterocycles. The van der Waals surface area contributed by atoms with Gasteiger partial charge in [0.2, 0.25) is 0 Å². The molecule has 0 fully saturated rings. The summed E-state index contributed by atoms with van der Waals surface area (Å²) in [5, 5.41) is 3.96. The Hall–Kier alpha value is -3.15. The molecule has 0 aliphatic carbocycles. The summed E-state index contributed by atoms with van der Waals surface area (Å²) in [6.45, 7) is 0.493. The van der Waals surface area contributed by atoms with Gasteiger partial charge in [0.15, 0.2) is 12.4 Å². The van der Waals surface area contributed by atoms with E-state index in [9.17, 15) is 4.79 Å². The Balaban J connectivity index is 1.48. The summed E-state index contributed by atoms with van der Waals surface area (Å²) < 4.78 is 10.7. The number of nitrogens with zero attached hydrogens (tertiary/aromatic N) is 3. The fraction of sp³-hybridized carbons (Fsp3) is 0.211. The van der Waals surface area contributed by atoms with Crippen LogP contribution in [0.2, 0.25) is 0 Å². The van der Waals surface area contributed by atoms with E-state index in [0.717, 1.165) is 5.56 Å². The van der Waals surface area contributed by atoms with Crippen molar-refractivity contribution in [1.29, 1.82) is 0 Å². The third kappa shape index (κ3) is 4.67. The van der Waals surface area contributed by atoms with E-state index in [4.69, 9.17) is 9.26 Å². The zero-order chi connectivity index (χ0) is 17.5. The monoisotopic (exact) mass is 337 g/mol. The number of hydrogen-bond donors (Lipinski definition) is 0. The van der Waals surface area contributed by atoms with Gasteiger partial charge in [-0.05, 0) is 24.3 Å². The number of amides is 1. The van der Waals surface area contributed by atoms with E-state index in [0.29, 0.717) is 30.4 Å². The molecule has 2 aromatic carbocycles. The lowest BCUT2D eigenvalue weighted by molar-refractivity contribution is -0.132. The van der Waals surface area contributed by atoms with E-state index in [1.807, 2.05) is 60.7 Å². The highest BCUT2D eigenvalue weighted by Gasteiger charge is 2.13. The second-order valence-corrected chi connectivity index (χ2v) is 5.55. The van der Waals surface area contributed by atoms with Gasteiger partial charge in [0.25, 0.3) is 11.8 Å². The van der Waals surface area contributed by atoms with Crippen LogP contribution in [0, 0.1) is 0 Å². The molecule has 128 valence electrons. The van der Waals surface area contributed by atoms with Crippen molar-refractivity contribution in [3.05, 3.63) is 66.5 Å². The molecular weight excluding hydrogens is 318 g/mol. The first-order chi connectivity index (χ1) is 12.2. The second-order valence-electron chi connectivity index (χ2n) is 5.55. The topological polar surface area (TPSA) is 68.5 Å². The zero-order valence-corrected chi connectivity index (χ0v) is 14.0. The van der Waals surface area contributed by atoms with E-state index in [1.54, 1.807) is 11.9 Å². The lowest BCUT2D eigenvalue weighted by Gasteiger charge is -2.16. The molecule has 0 radical (unpaired) electrons. The SMILES string of the molecule is CN(CCc1noc(-c2ccccc2)n1)C(=O)COc1ccccc1. The number of benzene rings is 2. The maximum Gasteiger partial charge on any atom is 0.260 e. The van der Waals surface area contributed by atoms with E-state index < -0.39 is 0 Å². The van der Waals surface area contributed by atoms with Crippen molar-refractivity contribution in [3.8, 4) is 17.2 Å². The maximum absolute atomic E-state index is 12.1. The van der Waals surface area contributed by atoms with Gasteiger partial charge in [-0.15, -0.1) is 0 Å². The van der Waals surface area contributed by atoms with E-state index in [-0.39, 0.29) is 12.5 Å². The minimum Gasteiger partial charge on any atom is -0.484 e. The van der Waals surface area contributed by atoms with Gasteiger partial charge in [-0.1, -0.05) is 41.6 Å². The van der Waals surface area contributed by atoms with Crippen LogP contribution >= 0.6 is 0 Å². The van der Waals surface area contributed by atoms with E-state index in [1.165, 1.54) is 0 Å². The van der Waals surface area contributed by atoms with Crippen molar-refractivity contribution >= 4 is 5.91 Å². The average molecular weight is 337 g/mol. The lowest BCUT2D eigenvalue weighted by Crippen LogP contribution is -2.33. The summed E-state index contributed by atoms with van der Waals surface area (Å²) in [5.41, 5.74) is 0.877. The lowest BCUT2D eigenvalue weighted by atomic mass is 10.2. The summed E-state index contributed by atoms with van der Waals surface area (Å²) >= 11 is 0. The van der Waals surface area contributed by atoms with Gasteiger partial charge in [-0.2, -0.15) is 4.98 Å². The van der Waals surface area contributed by atoms with Crippen LogP contribution in [0.3, 0.4) is 0 Å². The molecule has 3 rings (SSSR count). The van der Waals surface area contributed by atoms with Crippen molar-refractivity contribution < 1.29 is 14.1 Å². The summed E-state index contributed by atoms with van der Waals surface area (Å²) in [5.74, 6) is 1.63. The number of rotatable bonds is 7. The largest absolute Gasteiger partial charge is 0.484 e. The van der Waals surface area contributed by atoms with Crippen molar-refractivity contribution in [2.24, 2.45) is 0 Å². The molecule has 0 atom stereocenters. The first-order valence-electron chi connectivity index (χ1n) is 8.02. The summed E-state index contributed by atoms with van der Waals surface area (Å²) in [6, 6.07) is 18.8. The molecular formula is C19H19N3O3. The minimum absolute atomic E-state index is 0.00201. The highest BCUT2D eigenvalue weighted by Crippen LogP contribution is 2.16. The number of hydrogen-bond acceptors (Lipinski definition) is 5. The van der Waals surface area contributed by atoms with Crippen molar-refractivity contribution in [2.45, 2.75) is 6.42 Å². The number of carbonyl (C=O) groups excluding carboxylic acids is 1. The van der Waals surface area contributed by atoms with Gasteiger partial charge >= 0.3 is 0 Å². The predicted molar refractivity (Wildman–Crippen MR) is 93.0 cm³/mol. The van der Waals surface area contributed by atoms with Gasteiger partial charge in [-0.25, -0.2) is 0 Å². The van der Waals surface area contributed by atoms with Gasteiger partial charge < -0.3 is 14.2 Å². The molecule has 1 amide bonds. The van der Waals surface area contributed by atoms with Crippen LogP contribution < -0.4 is 4.74 Å². The highest BCUT2D eigenvalue weighted by molar-refractivity contribution is 5.77. The van der Waals surface area contributed by atoms with Gasteiger partial charge in [0.05, 0.1) is 0 Å². The Bertz CT molecular complexity index is 803. The van der Waals surface area contributed by atoms with Crippen molar-refractivity contribution in [1.82, 2.24) is 15.0 Å². The van der Waals surface area contributed by atoms with E-state index in [2.05, 4.69) is 10.1 Å². The molecule has 0 aliphatic rings. The zero-order valence-electron chi connectivity index (χ0n) is 14.0. The Morgan fingerprint density at radius 2 is 1.76 bits per heavy atom. The highest BCUT2D eigenvalue weighted by atomic mass is 16.5. The molecule has 6 nitrogen and oxygen atoms in total. The standard InChI is InChI=1S/C19H19N3O3/c1-22(18(23)14-24-16-10-6-3-7-11-16)13-12-17-20-19(25-21-17)15-8-4-2-5-9-15/h2-11H,12-14H2,1H3. The van der Waals surface area contributed by atoms with Crippen LogP contribution in [0.5, 0.6) is 5.75 Å². The number of para-hydroxylation sites is 1. The third-order valence-electron chi connectivity index (χ3n) is 3.69. The molecule has 0 aliphatic heterocycles. The predicted octanol–water partition coefficient (Wildman–Crippen LogP) is 2.82. The average Bonchev–Trinajstić information content (AvgIpc) is 3.15. The Labute approximate surface area is 146 Å². The second kappa shape index (κ2) is 8.10. The molecule has 0 saturated heterocycles. The fourth-order valence-electron chi connectivity index (χ4n) is 2.22. The number of carbonyl (C=O) groups is 1. The number of likely N-dealkylation sites (N-methyl/N-ethyl adjacent to an activating group) is 1. The Morgan fingerprint density at radius 1 is 1.08 bits per heavy atom. The van der Waals surface area contributed by atoms with Crippen LogP contribution in [0.25, 0.3) is 11.5 Å². The van der Waals surface area contributed by atoms with Gasteiger partial charge in [-0.3, -0.25) is 4.79 Å². The van der Waals surface area contributed by atoms with Crippen LogP contribution in [0.4, 0.5) is 0 Å². The Morgan fingerprint density at radius 3 is 2.48 bits per heavy atom. The number of aromatic nitrogens is 2. The molecule has 6 heteroatoms. The van der Waals surface area contributed by atoms with Gasteiger partial charge in [0, 0.05) is 25.6 Å². The summed E-state index contributed by atoms with van der Waals surface area (Å²) in [7, 11) is 1.73. The number of ether oxygens (including phenoxy) is 1. The van der Waals surface area contributed by atoms with Crippen LogP contribution in [0.15, 0.2) is 65.2 Å². The molecule has 3 aromatic rings. The first kappa shape index (κ1) is 16.7. The van der Waals surface area contributed by atoms with Gasteiger partial charge in [0.1, 0.15) is 5.75 Å².